The van der Waals surface area contributed by atoms with Gasteiger partial charge in [0.2, 0.25) is 0 Å². The Bertz CT molecular complexity index is 500. The summed E-state index contributed by atoms with van der Waals surface area (Å²) in [6.07, 6.45) is 2.36. The smallest absolute Gasteiger partial charge is 0.165 e. The summed E-state index contributed by atoms with van der Waals surface area (Å²) >= 11 is 1.48. The first-order valence-electron chi connectivity index (χ1n) is 5.70. The quantitative estimate of drug-likeness (QED) is 0.905. The van der Waals surface area contributed by atoms with Crippen molar-refractivity contribution in [1.82, 2.24) is 4.98 Å². The maximum atomic E-state index is 13.7. The van der Waals surface area contributed by atoms with E-state index >= 15 is 0 Å². The molecule has 2 aromatic rings. The molecule has 2 rings (SSSR count). The molecule has 0 spiro atoms. The molecule has 1 aromatic carbocycles. The molecule has 0 aliphatic rings. The van der Waals surface area contributed by atoms with E-state index in [2.05, 4.69) is 4.98 Å². The fourth-order valence-corrected chi connectivity index (χ4v) is 2.15. The number of aromatic nitrogens is 1. The van der Waals surface area contributed by atoms with Gasteiger partial charge < -0.3 is 10.5 Å². The number of rotatable bonds is 5. The summed E-state index contributed by atoms with van der Waals surface area (Å²) in [7, 11) is 0. The van der Waals surface area contributed by atoms with Gasteiger partial charge in [0.25, 0.3) is 0 Å². The molecule has 0 aliphatic heterocycles. The lowest BCUT2D eigenvalue weighted by molar-refractivity contribution is 0.289. The normalized spacial score (nSPS) is 12.4. The highest BCUT2D eigenvalue weighted by Crippen LogP contribution is 2.20. The molecule has 0 fully saturated rings. The summed E-state index contributed by atoms with van der Waals surface area (Å²) in [4.78, 5) is 4.07. The van der Waals surface area contributed by atoms with E-state index in [0.717, 1.165) is 10.6 Å². The van der Waals surface area contributed by atoms with Crippen LogP contribution in [-0.2, 0) is 13.0 Å². The minimum absolute atomic E-state index is 0.0199. The van der Waals surface area contributed by atoms with E-state index in [1.807, 2.05) is 18.4 Å². The van der Waals surface area contributed by atoms with Gasteiger partial charge in [-0.3, -0.25) is 0 Å². The van der Waals surface area contributed by atoms with Crippen LogP contribution in [0.2, 0.25) is 0 Å². The number of halogens is 1. The summed E-state index contributed by atoms with van der Waals surface area (Å²) in [6, 6.07) is 4.97. The van der Waals surface area contributed by atoms with Crippen LogP contribution in [0.4, 0.5) is 4.39 Å². The standard InChI is InChI=1S/C13H15FN2OS/c1-9(15)6-10-2-3-12(11(14)7-10)17-8-13-16-4-5-18-13/h2-5,7,9H,6,8,15H2,1H3. The monoisotopic (exact) mass is 266 g/mol. The number of nitrogens with zero attached hydrogens (tertiary/aromatic N) is 1. The largest absolute Gasteiger partial charge is 0.483 e. The Kier molecular flexibility index (Phi) is 4.28. The molecule has 0 saturated carbocycles. The van der Waals surface area contributed by atoms with Crippen molar-refractivity contribution >= 4 is 11.3 Å². The predicted molar refractivity (Wildman–Crippen MR) is 70.2 cm³/mol. The highest BCUT2D eigenvalue weighted by molar-refractivity contribution is 7.09. The van der Waals surface area contributed by atoms with Crippen LogP contribution < -0.4 is 10.5 Å². The van der Waals surface area contributed by atoms with E-state index in [9.17, 15) is 4.39 Å². The van der Waals surface area contributed by atoms with Gasteiger partial charge in [-0.2, -0.15) is 0 Å². The molecule has 1 atom stereocenters. The van der Waals surface area contributed by atoms with E-state index in [0.29, 0.717) is 13.0 Å². The lowest BCUT2D eigenvalue weighted by Crippen LogP contribution is -2.17. The van der Waals surface area contributed by atoms with Crippen molar-refractivity contribution in [3.05, 3.63) is 46.2 Å². The van der Waals surface area contributed by atoms with Crippen LogP contribution in [0.1, 0.15) is 17.5 Å². The second-order valence-electron chi connectivity index (χ2n) is 4.16. The van der Waals surface area contributed by atoms with Crippen molar-refractivity contribution in [1.29, 1.82) is 0 Å². The van der Waals surface area contributed by atoms with Gasteiger partial charge in [0.1, 0.15) is 11.6 Å². The second-order valence-corrected chi connectivity index (χ2v) is 5.14. The first kappa shape index (κ1) is 13.0. The van der Waals surface area contributed by atoms with Crippen molar-refractivity contribution < 1.29 is 9.13 Å². The van der Waals surface area contributed by atoms with Gasteiger partial charge >= 0.3 is 0 Å². The summed E-state index contributed by atoms with van der Waals surface area (Å²) in [5.41, 5.74) is 6.55. The predicted octanol–water partition coefficient (Wildman–Crippen LogP) is 2.75. The molecule has 5 heteroatoms. The van der Waals surface area contributed by atoms with Crippen LogP contribution >= 0.6 is 11.3 Å². The molecule has 1 heterocycles. The highest BCUT2D eigenvalue weighted by Gasteiger charge is 2.07. The average Bonchev–Trinajstić information content (AvgIpc) is 2.80. The van der Waals surface area contributed by atoms with Crippen LogP contribution in [0.5, 0.6) is 5.75 Å². The van der Waals surface area contributed by atoms with Crippen LogP contribution in [0, 0.1) is 5.82 Å². The number of thiazole rings is 1. The minimum Gasteiger partial charge on any atom is -0.483 e. The third-order valence-corrected chi connectivity index (χ3v) is 3.14. The van der Waals surface area contributed by atoms with Crippen LogP contribution in [0.25, 0.3) is 0 Å². The summed E-state index contributed by atoms with van der Waals surface area (Å²) in [5, 5.41) is 2.69. The van der Waals surface area contributed by atoms with Crippen LogP contribution in [0.15, 0.2) is 29.8 Å². The fourth-order valence-electron chi connectivity index (χ4n) is 1.62. The fraction of sp³-hybridized carbons (Fsp3) is 0.308. The van der Waals surface area contributed by atoms with Gasteiger partial charge in [-0.1, -0.05) is 6.07 Å². The third kappa shape index (κ3) is 3.51. The molecule has 0 bridgehead atoms. The van der Waals surface area contributed by atoms with Gasteiger partial charge in [-0.25, -0.2) is 9.37 Å². The summed E-state index contributed by atoms with van der Waals surface area (Å²) in [5.74, 6) is -0.108. The molecule has 1 aromatic heterocycles. The van der Waals surface area contributed by atoms with Gasteiger partial charge in [0.05, 0.1) is 0 Å². The van der Waals surface area contributed by atoms with Crippen molar-refractivity contribution in [2.75, 3.05) is 0 Å². The zero-order chi connectivity index (χ0) is 13.0. The molecule has 0 aliphatic carbocycles. The number of hydrogen-bond donors (Lipinski definition) is 1. The van der Waals surface area contributed by atoms with Crippen molar-refractivity contribution in [2.45, 2.75) is 26.0 Å². The van der Waals surface area contributed by atoms with Crippen molar-refractivity contribution in [3.8, 4) is 5.75 Å². The summed E-state index contributed by atoms with van der Waals surface area (Å²) in [6.45, 7) is 2.19. The Morgan fingerprint density at radius 1 is 1.50 bits per heavy atom. The van der Waals surface area contributed by atoms with Crippen LogP contribution in [-0.4, -0.2) is 11.0 Å². The number of benzene rings is 1. The van der Waals surface area contributed by atoms with Crippen molar-refractivity contribution in [2.24, 2.45) is 5.73 Å². The molecule has 18 heavy (non-hydrogen) atoms. The zero-order valence-electron chi connectivity index (χ0n) is 10.1. The SMILES string of the molecule is CC(N)Cc1ccc(OCc2nccs2)c(F)c1. The summed E-state index contributed by atoms with van der Waals surface area (Å²) < 4.78 is 19.1. The zero-order valence-corrected chi connectivity index (χ0v) is 10.9. The van der Waals surface area contributed by atoms with Gasteiger partial charge in [-0.05, 0) is 31.0 Å². The van der Waals surface area contributed by atoms with Crippen molar-refractivity contribution in [3.63, 3.8) is 0 Å². The molecule has 0 saturated heterocycles. The molecule has 0 radical (unpaired) electrons. The van der Waals surface area contributed by atoms with E-state index in [1.54, 1.807) is 12.3 Å². The molecular weight excluding hydrogens is 251 g/mol. The highest BCUT2D eigenvalue weighted by atomic mass is 32.1. The average molecular weight is 266 g/mol. The Morgan fingerprint density at radius 2 is 2.33 bits per heavy atom. The lowest BCUT2D eigenvalue weighted by Gasteiger charge is -2.09. The van der Waals surface area contributed by atoms with Gasteiger partial charge in [-0.15, -0.1) is 11.3 Å². The molecule has 96 valence electrons. The Balaban J connectivity index is 2.01. The molecular formula is C13H15FN2OS. The number of hydrogen-bond acceptors (Lipinski definition) is 4. The molecule has 1 unspecified atom stereocenters. The van der Waals surface area contributed by atoms with E-state index in [1.165, 1.54) is 17.4 Å². The minimum atomic E-state index is -0.357. The van der Waals surface area contributed by atoms with Gasteiger partial charge in [0.15, 0.2) is 11.6 Å². The molecule has 3 nitrogen and oxygen atoms in total. The molecule has 2 N–H and O–H groups in total. The maximum absolute atomic E-state index is 13.7. The first-order chi connectivity index (χ1) is 8.65. The second kappa shape index (κ2) is 5.93. The maximum Gasteiger partial charge on any atom is 0.165 e. The molecule has 0 amide bonds. The number of ether oxygens (including phenoxy) is 1. The van der Waals surface area contributed by atoms with Crippen LogP contribution in [0.3, 0.4) is 0 Å². The third-order valence-electron chi connectivity index (χ3n) is 2.39. The Morgan fingerprint density at radius 3 is 2.94 bits per heavy atom. The first-order valence-corrected chi connectivity index (χ1v) is 6.58. The number of nitrogens with two attached hydrogens (primary N) is 1. The van der Waals surface area contributed by atoms with E-state index in [4.69, 9.17) is 10.5 Å². The van der Waals surface area contributed by atoms with E-state index in [-0.39, 0.29) is 17.6 Å². The Labute approximate surface area is 109 Å². The lowest BCUT2D eigenvalue weighted by atomic mass is 10.1. The van der Waals surface area contributed by atoms with Gasteiger partial charge in [0, 0.05) is 17.6 Å². The van der Waals surface area contributed by atoms with E-state index < -0.39 is 0 Å². The Hall–Kier alpha value is -1.46. The topological polar surface area (TPSA) is 48.1 Å².